The van der Waals surface area contributed by atoms with Gasteiger partial charge in [0.05, 0.1) is 26.2 Å². The van der Waals surface area contributed by atoms with Crippen LogP contribution in [0.15, 0.2) is 42.6 Å². The number of hydrogen-bond acceptors (Lipinski definition) is 5. The number of rotatable bonds is 7. The van der Waals surface area contributed by atoms with Gasteiger partial charge in [0.2, 0.25) is 5.88 Å². The summed E-state index contributed by atoms with van der Waals surface area (Å²) in [5.74, 6) is -0.489. The molecule has 6 nitrogen and oxygen atoms in total. The van der Waals surface area contributed by atoms with Crippen molar-refractivity contribution in [2.45, 2.75) is 26.3 Å². The number of nitrogens with zero attached hydrogens (tertiary/aromatic N) is 1. The Morgan fingerprint density at radius 2 is 1.92 bits per heavy atom. The first kappa shape index (κ1) is 18.4. The summed E-state index contributed by atoms with van der Waals surface area (Å²) in [5, 5.41) is 2.87. The number of ether oxygens (including phenoxy) is 2. The Balaban J connectivity index is 2.25. The molecule has 1 aromatic carbocycles. The van der Waals surface area contributed by atoms with Crippen LogP contribution in [-0.2, 0) is 9.53 Å². The molecule has 1 unspecified atom stereocenters. The minimum Gasteiger partial charge on any atom is -0.477 e. The van der Waals surface area contributed by atoms with E-state index in [-0.39, 0.29) is 18.2 Å². The standard InChI is InChI=1S/C19H22N2O4/c1-4-25-19-15(6-5-11-20-19)18(23)21-16(12-17(22)24-3)14-9-7-13(2)8-10-14/h5-11,16H,4,12H2,1-3H3,(H,21,23). The predicted molar refractivity (Wildman–Crippen MR) is 93.4 cm³/mol. The Kier molecular flexibility index (Phi) is 6.51. The molecule has 1 aromatic heterocycles. The number of carbonyl (C=O) groups is 2. The van der Waals surface area contributed by atoms with Crippen LogP contribution < -0.4 is 10.1 Å². The van der Waals surface area contributed by atoms with E-state index < -0.39 is 12.0 Å². The highest BCUT2D eigenvalue weighted by Crippen LogP contribution is 2.21. The molecule has 1 heterocycles. The summed E-state index contributed by atoms with van der Waals surface area (Å²) in [4.78, 5) is 28.5. The van der Waals surface area contributed by atoms with E-state index in [0.717, 1.165) is 11.1 Å². The van der Waals surface area contributed by atoms with Gasteiger partial charge >= 0.3 is 5.97 Å². The minimum absolute atomic E-state index is 0.0372. The van der Waals surface area contributed by atoms with Crippen LogP contribution in [0.4, 0.5) is 0 Å². The highest BCUT2D eigenvalue weighted by molar-refractivity contribution is 5.96. The van der Waals surface area contributed by atoms with Crippen LogP contribution in [0, 0.1) is 6.92 Å². The zero-order chi connectivity index (χ0) is 18.2. The lowest BCUT2D eigenvalue weighted by molar-refractivity contribution is -0.141. The van der Waals surface area contributed by atoms with Crippen LogP contribution >= 0.6 is 0 Å². The number of benzene rings is 1. The summed E-state index contributed by atoms with van der Waals surface area (Å²) < 4.78 is 10.1. The molecule has 132 valence electrons. The van der Waals surface area contributed by atoms with Crippen molar-refractivity contribution in [3.63, 3.8) is 0 Å². The topological polar surface area (TPSA) is 77.5 Å². The van der Waals surface area contributed by atoms with Gasteiger partial charge in [-0.05, 0) is 31.5 Å². The van der Waals surface area contributed by atoms with Crippen LogP contribution in [0.5, 0.6) is 5.88 Å². The van der Waals surface area contributed by atoms with E-state index in [2.05, 4.69) is 10.3 Å². The lowest BCUT2D eigenvalue weighted by atomic mass is 10.0. The summed E-state index contributed by atoms with van der Waals surface area (Å²) in [6, 6.07) is 10.4. The van der Waals surface area contributed by atoms with Crippen molar-refractivity contribution < 1.29 is 19.1 Å². The molecule has 2 aromatic rings. The molecule has 0 aliphatic carbocycles. The maximum atomic E-state index is 12.7. The molecule has 1 atom stereocenters. The quantitative estimate of drug-likeness (QED) is 0.783. The fraction of sp³-hybridized carbons (Fsp3) is 0.316. The second-order valence-corrected chi connectivity index (χ2v) is 5.51. The van der Waals surface area contributed by atoms with Crippen molar-refractivity contribution >= 4 is 11.9 Å². The Bertz CT molecular complexity index is 728. The summed E-state index contributed by atoms with van der Waals surface area (Å²) in [6.45, 7) is 4.20. The average molecular weight is 342 g/mol. The fourth-order valence-electron chi connectivity index (χ4n) is 2.35. The number of methoxy groups -OCH3 is 1. The molecular weight excluding hydrogens is 320 g/mol. The Hall–Kier alpha value is -2.89. The third kappa shape index (κ3) is 5.04. The van der Waals surface area contributed by atoms with Gasteiger partial charge in [0, 0.05) is 6.20 Å². The largest absolute Gasteiger partial charge is 0.477 e. The highest BCUT2D eigenvalue weighted by atomic mass is 16.5. The number of esters is 1. The molecule has 0 bridgehead atoms. The van der Waals surface area contributed by atoms with Gasteiger partial charge in [-0.15, -0.1) is 0 Å². The Labute approximate surface area is 147 Å². The van der Waals surface area contributed by atoms with Crippen molar-refractivity contribution in [2.24, 2.45) is 0 Å². The van der Waals surface area contributed by atoms with E-state index in [1.165, 1.54) is 7.11 Å². The van der Waals surface area contributed by atoms with E-state index in [9.17, 15) is 9.59 Å². The van der Waals surface area contributed by atoms with Crippen molar-refractivity contribution in [3.05, 3.63) is 59.3 Å². The number of pyridine rings is 1. The summed E-state index contributed by atoms with van der Waals surface area (Å²) in [7, 11) is 1.32. The zero-order valence-electron chi connectivity index (χ0n) is 14.6. The molecule has 0 aliphatic heterocycles. The second kappa shape index (κ2) is 8.82. The lowest BCUT2D eigenvalue weighted by Crippen LogP contribution is -2.31. The highest BCUT2D eigenvalue weighted by Gasteiger charge is 2.22. The van der Waals surface area contributed by atoms with Gasteiger partial charge in [0.1, 0.15) is 5.56 Å². The van der Waals surface area contributed by atoms with Crippen molar-refractivity contribution in [2.75, 3.05) is 13.7 Å². The molecule has 6 heteroatoms. The monoisotopic (exact) mass is 342 g/mol. The van der Waals surface area contributed by atoms with Gasteiger partial charge in [-0.25, -0.2) is 4.98 Å². The van der Waals surface area contributed by atoms with E-state index in [4.69, 9.17) is 9.47 Å². The van der Waals surface area contributed by atoms with E-state index in [1.807, 2.05) is 38.1 Å². The first-order valence-electron chi connectivity index (χ1n) is 8.07. The number of carbonyl (C=O) groups excluding carboxylic acids is 2. The summed E-state index contributed by atoms with van der Waals surface area (Å²) in [6.07, 6.45) is 1.60. The minimum atomic E-state index is -0.504. The Morgan fingerprint density at radius 3 is 2.56 bits per heavy atom. The van der Waals surface area contributed by atoms with Crippen molar-refractivity contribution in [3.8, 4) is 5.88 Å². The molecular formula is C19H22N2O4. The van der Waals surface area contributed by atoms with Crippen LogP contribution in [0.3, 0.4) is 0 Å². The Morgan fingerprint density at radius 1 is 1.20 bits per heavy atom. The third-order valence-electron chi connectivity index (χ3n) is 3.68. The SMILES string of the molecule is CCOc1ncccc1C(=O)NC(CC(=O)OC)c1ccc(C)cc1. The van der Waals surface area contributed by atoms with Gasteiger partial charge in [-0.2, -0.15) is 0 Å². The van der Waals surface area contributed by atoms with Gasteiger partial charge in [0.25, 0.3) is 5.91 Å². The van der Waals surface area contributed by atoms with Crippen molar-refractivity contribution in [1.82, 2.24) is 10.3 Å². The lowest BCUT2D eigenvalue weighted by Gasteiger charge is -2.19. The van der Waals surface area contributed by atoms with Gasteiger partial charge in [-0.1, -0.05) is 29.8 Å². The first-order chi connectivity index (χ1) is 12.0. The maximum absolute atomic E-state index is 12.7. The molecule has 0 spiro atoms. The van der Waals surface area contributed by atoms with Gasteiger partial charge in [-0.3, -0.25) is 9.59 Å². The van der Waals surface area contributed by atoms with Gasteiger partial charge in [0.15, 0.2) is 0 Å². The van der Waals surface area contributed by atoms with E-state index >= 15 is 0 Å². The zero-order valence-corrected chi connectivity index (χ0v) is 14.6. The second-order valence-electron chi connectivity index (χ2n) is 5.51. The number of aromatic nitrogens is 1. The smallest absolute Gasteiger partial charge is 0.307 e. The number of nitrogens with one attached hydrogen (secondary N) is 1. The summed E-state index contributed by atoms with van der Waals surface area (Å²) >= 11 is 0. The molecule has 0 saturated carbocycles. The first-order valence-corrected chi connectivity index (χ1v) is 8.07. The van der Waals surface area contributed by atoms with E-state index in [0.29, 0.717) is 12.2 Å². The maximum Gasteiger partial charge on any atom is 0.307 e. The number of aryl methyl sites for hydroxylation is 1. The van der Waals surface area contributed by atoms with E-state index in [1.54, 1.807) is 18.3 Å². The van der Waals surface area contributed by atoms with Crippen LogP contribution in [-0.4, -0.2) is 30.6 Å². The fourth-order valence-corrected chi connectivity index (χ4v) is 2.35. The normalized spacial score (nSPS) is 11.5. The number of amides is 1. The van der Waals surface area contributed by atoms with Crippen LogP contribution in [0.1, 0.15) is 40.9 Å². The number of hydrogen-bond donors (Lipinski definition) is 1. The van der Waals surface area contributed by atoms with Crippen LogP contribution in [0.2, 0.25) is 0 Å². The van der Waals surface area contributed by atoms with Crippen molar-refractivity contribution in [1.29, 1.82) is 0 Å². The molecule has 0 aliphatic rings. The molecule has 25 heavy (non-hydrogen) atoms. The molecule has 2 rings (SSSR count). The molecule has 0 saturated heterocycles. The molecule has 0 radical (unpaired) electrons. The molecule has 1 amide bonds. The predicted octanol–water partition coefficient (Wildman–Crippen LogP) is 2.82. The molecule has 0 fully saturated rings. The molecule has 1 N–H and O–H groups in total. The van der Waals surface area contributed by atoms with Crippen LogP contribution in [0.25, 0.3) is 0 Å². The van der Waals surface area contributed by atoms with Gasteiger partial charge < -0.3 is 14.8 Å². The average Bonchev–Trinajstić information content (AvgIpc) is 2.62. The third-order valence-corrected chi connectivity index (χ3v) is 3.68. The summed E-state index contributed by atoms with van der Waals surface area (Å²) in [5.41, 5.74) is 2.25.